The SMILES string of the molecule is CS(=O)CCNCC1CC1c1ccccc1. The van der Waals surface area contributed by atoms with Crippen molar-refractivity contribution in [3.8, 4) is 0 Å². The monoisotopic (exact) mass is 237 g/mol. The van der Waals surface area contributed by atoms with E-state index in [0.717, 1.165) is 30.7 Å². The fourth-order valence-corrected chi connectivity index (χ4v) is 2.52. The molecule has 2 nitrogen and oxygen atoms in total. The van der Waals surface area contributed by atoms with E-state index in [1.807, 2.05) is 0 Å². The molecule has 1 saturated carbocycles. The van der Waals surface area contributed by atoms with E-state index in [2.05, 4.69) is 35.6 Å². The Morgan fingerprint density at radius 3 is 2.81 bits per heavy atom. The molecule has 3 unspecified atom stereocenters. The van der Waals surface area contributed by atoms with Gasteiger partial charge in [-0.25, -0.2) is 0 Å². The molecule has 3 heteroatoms. The lowest BCUT2D eigenvalue weighted by Crippen LogP contribution is -2.22. The van der Waals surface area contributed by atoms with Crippen molar-refractivity contribution in [3.63, 3.8) is 0 Å². The van der Waals surface area contributed by atoms with Crippen molar-refractivity contribution in [2.24, 2.45) is 5.92 Å². The van der Waals surface area contributed by atoms with Crippen LogP contribution in [0.15, 0.2) is 30.3 Å². The fourth-order valence-electron chi connectivity index (χ4n) is 2.09. The van der Waals surface area contributed by atoms with E-state index in [-0.39, 0.29) is 0 Å². The molecule has 0 spiro atoms. The minimum absolute atomic E-state index is 0.667. The van der Waals surface area contributed by atoms with Crippen molar-refractivity contribution < 1.29 is 4.21 Å². The summed E-state index contributed by atoms with van der Waals surface area (Å²) in [5.41, 5.74) is 1.47. The summed E-state index contributed by atoms with van der Waals surface area (Å²) >= 11 is 0. The molecule has 88 valence electrons. The van der Waals surface area contributed by atoms with E-state index in [4.69, 9.17) is 0 Å². The number of benzene rings is 1. The van der Waals surface area contributed by atoms with E-state index >= 15 is 0 Å². The minimum atomic E-state index is -0.667. The first-order chi connectivity index (χ1) is 7.77. The van der Waals surface area contributed by atoms with E-state index in [9.17, 15) is 4.21 Å². The summed E-state index contributed by atoms with van der Waals surface area (Å²) in [4.78, 5) is 0. The second kappa shape index (κ2) is 5.60. The van der Waals surface area contributed by atoms with Gasteiger partial charge in [0.2, 0.25) is 0 Å². The van der Waals surface area contributed by atoms with E-state index < -0.39 is 10.8 Å². The van der Waals surface area contributed by atoms with Crippen LogP contribution in [0.25, 0.3) is 0 Å². The molecular formula is C13H19NOS. The standard InChI is InChI=1S/C13H19NOS/c1-16(15)8-7-14-10-12-9-13(12)11-5-3-2-4-6-11/h2-6,12-14H,7-10H2,1H3. The van der Waals surface area contributed by atoms with Crippen molar-refractivity contribution in [1.82, 2.24) is 5.32 Å². The summed E-state index contributed by atoms with van der Waals surface area (Å²) in [5, 5.41) is 3.39. The number of rotatable bonds is 6. The Bertz CT molecular complexity index is 352. The maximum absolute atomic E-state index is 10.9. The molecule has 0 bridgehead atoms. The lowest BCUT2D eigenvalue weighted by atomic mass is 10.1. The fraction of sp³-hybridized carbons (Fsp3) is 0.538. The van der Waals surface area contributed by atoms with Crippen LogP contribution >= 0.6 is 0 Å². The zero-order valence-electron chi connectivity index (χ0n) is 9.69. The number of hydrogen-bond donors (Lipinski definition) is 1. The molecule has 1 aromatic carbocycles. The molecule has 16 heavy (non-hydrogen) atoms. The molecule has 1 aliphatic carbocycles. The zero-order chi connectivity index (χ0) is 11.4. The predicted molar refractivity (Wildman–Crippen MR) is 69.1 cm³/mol. The van der Waals surface area contributed by atoms with Gasteiger partial charge in [-0.1, -0.05) is 30.3 Å². The van der Waals surface area contributed by atoms with Crippen LogP contribution in [-0.2, 0) is 10.8 Å². The van der Waals surface area contributed by atoms with Gasteiger partial charge < -0.3 is 5.32 Å². The molecule has 2 rings (SSSR count). The van der Waals surface area contributed by atoms with E-state index in [1.165, 1.54) is 12.0 Å². The van der Waals surface area contributed by atoms with Gasteiger partial charge in [0.15, 0.2) is 0 Å². The molecule has 1 aliphatic rings. The average molecular weight is 237 g/mol. The smallest absolute Gasteiger partial charge is 0.0357 e. The second-order valence-electron chi connectivity index (χ2n) is 4.49. The summed E-state index contributed by atoms with van der Waals surface area (Å²) < 4.78 is 10.9. The van der Waals surface area contributed by atoms with Gasteiger partial charge in [-0.2, -0.15) is 0 Å². The summed E-state index contributed by atoms with van der Waals surface area (Å²) in [5.74, 6) is 2.30. The van der Waals surface area contributed by atoms with E-state index in [0.29, 0.717) is 0 Å². The van der Waals surface area contributed by atoms with Crippen LogP contribution in [0.5, 0.6) is 0 Å². The molecule has 0 heterocycles. The Kier molecular flexibility index (Phi) is 4.13. The summed E-state index contributed by atoms with van der Waals surface area (Å²) in [6.45, 7) is 1.94. The molecule has 1 fully saturated rings. The van der Waals surface area contributed by atoms with Crippen LogP contribution < -0.4 is 5.32 Å². The highest BCUT2D eigenvalue weighted by atomic mass is 32.2. The summed E-state index contributed by atoms with van der Waals surface area (Å²) in [6.07, 6.45) is 3.05. The quantitative estimate of drug-likeness (QED) is 0.764. The topological polar surface area (TPSA) is 29.1 Å². The summed E-state index contributed by atoms with van der Waals surface area (Å²) in [7, 11) is -0.667. The first-order valence-corrected chi connectivity index (χ1v) is 7.56. The number of hydrogen-bond acceptors (Lipinski definition) is 2. The highest BCUT2D eigenvalue weighted by molar-refractivity contribution is 7.84. The van der Waals surface area contributed by atoms with Crippen molar-refractivity contribution in [1.29, 1.82) is 0 Å². The second-order valence-corrected chi connectivity index (χ2v) is 6.05. The van der Waals surface area contributed by atoms with Crippen LogP contribution in [0.2, 0.25) is 0 Å². The predicted octanol–water partition coefficient (Wildman–Crippen LogP) is 1.76. The Balaban J connectivity index is 1.66. The molecular weight excluding hydrogens is 218 g/mol. The van der Waals surface area contributed by atoms with Gasteiger partial charge in [0.1, 0.15) is 0 Å². The van der Waals surface area contributed by atoms with Gasteiger partial charge in [-0.3, -0.25) is 4.21 Å². The molecule has 0 radical (unpaired) electrons. The van der Waals surface area contributed by atoms with Gasteiger partial charge >= 0.3 is 0 Å². The first-order valence-electron chi connectivity index (χ1n) is 5.83. The van der Waals surface area contributed by atoms with Crippen molar-refractivity contribution in [3.05, 3.63) is 35.9 Å². The lowest BCUT2D eigenvalue weighted by Gasteiger charge is -2.03. The molecule has 0 saturated heterocycles. The average Bonchev–Trinajstić information content (AvgIpc) is 3.05. The van der Waals surface area contributed by atoms with Crippen molar-refractivity contribution >= 4 is 10.8 Å². The molecule has 1 N–H and O–H groups in total. The third-order valence-corrected chi connectivity index (χ3v) is 3.90. The maximum atomic E-state index is 10.9. The van der Waals surface area contributed by atoms with Crippen LogP contribution in [-0.4, -0.2) is 29.3 Å². The Labute approximate surface area is 99.9 Å². The molecule has 0 aliphatic heterocycles. The molecule has 0 amide bonds. The highest BCUT2D eigenvalue weighted by Gasteiger charge is 2.37. The maximum Gasteiger partial charge on any atom is 0.0357 e. The van der Waals surface area contributed by atoms with Gasteiger partial charge in [0.05, 0.1) is 0 Å². The number of nitrogens with one attached hydrogen (secondary N) is 1. The van der Waals surface area contributed by atoms with Crippen LogP contribution in [0.3, 0.4) is 0 Å². The Morgan fingerprint density at radius 1 is 1.38 bits per heavy atom. The van der Waals surface area contributed by atoms with Crippen molar-refractivity contribution in [2.45, 2.75) is 12.3 Å². The van der Waals surface area contributed by atoms with Gasteiger partial charge in [-0.05, 0) is 30.4 Å². The summed E-state index contributed by atoms with van der Waals surface area (Å²) in [6, 6.07) is 10.7. The normalized spacial score (nSPS) is 25.3. The molecule has 1 aromatic rings. The highest BCUT2D eigenvalue weighted by Crippen LogP contribution is 2.46. The van der Waals surface area contributed by atoms with Crippen molar-refractivity contribution in [2.75, 3.05) is 25.1 Å². The minimum Gasteiger partial charge on any atom is -0.316 e. The first kappa shape index (κ1) is 11.8. The van der Waals surface area contributed by atoms with Gasteiger partial charge in [0.25, 0.3) is 0 Å². The van der Waals surface area contributed by atoms with Crippen LogP contribution in [0.1, 0.15) is 17.9 Å². The zero-order valence-corrected chi connectivity index (χ0v) is 10.5. The lowest BCUT2D eigenvalue weighted by molar-refractivity contribution is 0.643. The molecule has 3 atom stereocenters. The third kappa shape index (κ3) is 3.42. The van der Waals surface area contributed by atoms with Crippen LogP contribution in [0, 0.1) is 5.92 Å². The Hall–Kier alpha value is -0.670. The van der Waals surface area contributed by atoms with Crippen LogP contribution in [0.4, 0.5) is 0 Å². The Morgan fingerprint density at radius 2 is 2.12 bits per heavy atom. The van der Waals surface area contributed by atoms with Gasteiger partial charge in [-0.15, -0.1) is 0 Å². The van der Waals surface area contributed by atoms with Gasteiger partial charge in [0, 0.05) is 29.4 Å². The molecule has 0 aromatic heterocycles. The van der Waals surface area contributed by atoms with E-state index in [1.54, 1.807) is 6.26 Å². The third-order valence-electron chi connectivity index (χ3n) is 3.12. The largest absolute Gasteiger partial charge is 0.316 e.